The molecule has 1 aliphatic heterocycles. The number of aromatic nitrogens is 2. The van der Waals surface area contributed by atoms with Gasteiger partial charge in [0.15, 0.2) is 0 Å². The van der Waals surface area contributed by atoms with Gasteiger partial charge in [-0.3, -0.25) is 9.58 Å². The van der Waals surface area contributed by atoms with Crippen molar-refractivity contribution in [3.8, 4) is 0 Å². The Kier molecular flexibility index (Phi) is 4.55. The molecule has 0 spiro atoms. The average molecular weight is 267 g/mol. The predicted octanol–water partition coefficient (Wildman–Crippen LogP) is 0.794. The number of piperidine rings is 1. The molecule has 0 radical (unpaired) electrons. The van der Waals surface area contributed by atoms with E-state index in [2.05, 4.69) is 16.2 Å². The van der Waals surface area contributed by atoms with Crippen LogP contribution in [0.4, 0.5) is 0 Å². The second-order valence-electron chi connectivity index (χ2n) is 5.09. The molecule has 1 saturated heterocycles. The molecule has 0 bridgehead atoms. The maximum Gasteiger partial charge on any atom is 0.329 e. The van der Waals surface area contributed by atoms with E-state index in [-0.39, 0.29) is 12.7 Å². The zero-order chi connectivity index (χ0) is 13.8. The van der Waals surface area contributed by atoms with Crippen LogP contribution in [0.3, 0.4) is 0 Å². The monoisotopic (exact) mass is 267 g/mol. The third kappa shape index (κ3) is 4.04. The van der Waals surface area contributed by atoms with Gasteiger partial charge < -0.3 is 9.84 Å². The first-order valence-corrected chi connectivity index (χ1v) is 6.59. The smallest absolute Gasteiger partial charge is 0.329 e. The highest BCUT2D eigenvalue weighted by Crippen LogP contribution is 2.17. The Bertz CT molecular complexity index is 436. The van der Waals surface area contributed by atoms with E-state index < -0.39 is 5.97 Å². The molecule has 1 aromatic rings. The van der Waals surface area contributed by atoms with Crippen molar-refractivity contribution in [1.29, 1.82) is 0 Å². The van der Waals surface area contributed by atoms with Gasteiger partial charge >= 0.3 is 5.97 Å². The molecule has 1 aromatic heterocycles. The van der Waals surface area contributed by atoms with Gasteiger partial charge in [0.05, 0.1) is 11.8 Å². The highest BCUT2D eigenvalue weighted by Gasteiger charge is 2.21. The number of hydrogen-bond acceptors (Lipinski definition) is 4. The summed E-state index contributed by atoms with van der Waals surface area (Å²) < 4.78 is 7.17. The number of rotatable bonds is 5. The summed E-state index contributed by atoms with van der Waals surface area (Å²) in [6.07, 6.45) is 3.93. The van der Waals surface area contributed by atoms with Crippen molar-refractivity contribution in [3.63, 3.8) is 0 Å². The van der Waals surface area contributed by atoms with E-state index in [1.807, 2.05) is 18.7 Å². The molecule has 0 aromatic carbocycles. The molecular weight excluding hydrogens is 246 g/mol. The van der Waals surface area contributed by atoms with E-state index in [4.69, 9.17) is 9.84 Å². The Balaban J connectivity index is 1.77. The van der Waals surface area contributed by atoms with Gasteiger partial charge in [0.1, 0.15) is 6.61 Å². The van der Waals surface area contributed by atoms with Gasteiger partial charge in [0, 0.05) is 38.4 Å². The highest BCUT2D eigenvalue weighted by atomic mass is 16.5. The number of carboxylic acid groups (broad SMARTS) is 1. The lowest BCUT2D eigenvalue weighted by Crippen LogP contribution is -2.37. The molecule has 6 nitrogen and oxygen atoms in total. The molecule has 2 rings (SSSR count). The van der Waals surface area contributed by atoms with E-state index in [0.29, 0.717) is 0 Å². The third-order valence-corrected chi connectivity index (χ3v) is 3.49. The van der Waals surface area contributed by atoms with Crippen molar-refractivity contribution in [1.82, 2.24) is 14.7 Å². The van der Waals surface area contributed by atoms with E-state index in [1.165, 1.54) is 5.56 Å². The molecule has 19 heavy (non-hydrogen) atoms. The number of carbonyl (C=O) groups is 1. The van der Waals surface area contributed by atoms with Crippen LogP contribution in [0, 0.1) is 6.92 Å². The molecule has 6 heteroatoms. The zero-order valence-corrected chi connectivity index (χ0v) is 11.5. The lowest BCUT2D eigenvalue weighted by molar-refractivity contribution is -0.145. The minimum Gasteiger partial charge on any atom is -0.480 e. The van der Waals surface area contributed by atoms with Gasteiger partial charge in [-0.1, -0.05) is 0 Å². The fourth-order valence-corrected chi connectivity index (χ4v) is 2.47. The van der Waals surface area contributed by atoms with Crippen LogP contribution < -0.4 is 0 Å². The highest BCUT2D eigenvalue weighted by molar-refractivity contribution is 5.68. The third-order valence-electron chi connectivity index (χ3n) is 3.49. The van der Waals surface area contributed by atoms with Crippen LogP contribution in [0.1, 0.15) is 24.1 Å². The summed E-state index contributed by atoms with van der Waals surface area (Å²) in [5.41, 5.74) is 2.33. The number of carboxylic acids is 1. The van der Waals surface area contributed by atoms with E-state index >= 15 is 0 Å². The first kappa shape index (κ1) is 14.0. The zero-order valence-electron chi connectivity index (χ0n) is 11.5. The number of aliphatic carboxylic acids is 1. The number of aryl methyl sites for hydroxylation is 2. The Morgan fingerprint density at radius 3 is 2.74 bits per heavy atom. The van der Waals surface area contributed by atoms with Gasteiger partial charge in [0.2, 0.25) is 0 Å². The molecule has 0 atom stereocenters. The Morgan fingerprint density at radius 1 is 1.53 bits per heavy atom. The van der Waals surface area contributed by atoms with Crippen LogP contribution in [0.15, 0.2) is 6.20 Å². The summed E-state index contributed by atoms with van der Waals surface area (Å²) in [6, 6.07) is 0. The van der Waals surface area contributed by atoms with Gasteiger partial charge in [0.25, 0.3) is 0 Å². The maximum atomic E-state index is 10.4. The lowest BCUT2D eigenvalue weighted by atomic mass is 10.1. The van der Waals surface area contributed by atoms with Crippen molar-refractivity contribution in [2.24, 2.45) is 7.05 Å². The van der Waals surface area contributed by atoms with Crippen molar-refractivity contribution in [2.75, 3.05) is 19.7 Å². The van der Waals surface area contributed by atoms with Crippen LogP contribution >= 0.6 is 0 Å². The van der Waals surface area contributed by atoms with Crippen LogP contribution in [0.5, 0.6) is 0 Å². The van der Waals surface area contributed by atoms with Crippen LogP contribution in [-0.2, 0) is 23.1 Å². The normalized spacial score (nSPS) is 17.8. The van der Waals surface area contributed by atoms with E-state index in [0.717, 1.165) is 38.2 Å². The molecule has 106 valence electrons. The molecule has 1 N–H and O–H groups in total. The first-order valence-electron chi connectivity index (χ1n) is 6.59. The summed E-state index contributed by atoms with van der Waals surface area (Å²) in [7, 11) is 1.93. The lowest BCUT2D eigenvalue weighted by Gasteiger charge is -2.31. The summed E-state index contributed by atoms with van der Waals surface area (Å²) in [4.78, 5) is 12.8. The second kappa shape index (κ2) is 6.16. The van der Waals surface area contributed by atoms with Crippen molar-refractivity contribution >= 4 is 5.97 Å². The van der Waals surface area contributed by atoms with Crippen molar-refractivity contribution in [3.05, 3.63) is 17.5 Å². The first-order chi connectivity index (χ1) is 9.04. The maximum absolute atomic E-state index is 10.4. The topological polar surface area (TPSA) is 67.6 Å². The number of likely N-dealkylation sites (tertiary alicyclic amines) is 1. The largest absolute Gasteiger partial charge is 0.480 e. The number of ether oxygens (including phenoxy) is 1. The molecule has 0 saturated carbocycles. The molecule has 1 fully saturated rings. The predicted molar refractivity (Wildman–Crippen MR) is 69.8 cm³/mol. The van der Waals surface area contributed by atoms with Gasteiger partial charge in [-0.25, -0.2) is 4.79 Å². The Morgan fingerprint density at radius 2 is 2.21 bits per heavy atom. The molecule has 0 unspecified atom stereocenters. The van der Waals surface area contributed by atoms with Crippen molar-refractivity contribution < 1.29 is 14.6 Å². The Labute approximate surface area is 113 Å². The molecule has 0 aliphatic carbocycles. The summed E-state index contributed by atoms with van der Waals surface area (Å²) >= 11 is 0. The fraction of sp³-hybridized carbons (Fsp3) is 0.692. The van der Waals surface area contributed by atoms with Gasteiger partial charge in [-0.15, -0.1) is 0 Å². The van der Waals surface area contributed by atoms with E-state index in [9.17, 15) is 4.79 Å². The van der Waals surface area contributed by atoms with Gasteiger partial charge in [-0.2, -0.15) is 5.10 Å². The van der Waals surface area contributed by atoms with Crippen LogP contribution in [0.25, 0.3) is 0 Å². The van der Waals surface area contributed by atoms with Crippen molar-refractivity contribution in [2.45, 2.75) is 32.4 Å². The fourth-order valence-electron chi connectivity index (χ4n) is 2.47. The summed E-state index contributed by atoms with van der Waals surface area (Å²) in [5.74, 6) is -0.895. The summed E-state index contributed by atoms with van der Waals surface area (Å²) in [6.45, 7) is 4.63. The van der Waals surface area contributed by atoms with Crippen LogP contribution in [-0.4, -0.2) is 51.6 Å². The molecule has 2 heterocycles. The average Bonchev–Trinajstić information content (AvgIpc) is 2.67. The molecule has 0 amide bonds. The molecular formula is C13H21N3O3. The molecule has 1 aliphatic rings. The quantitative estimate of drug-likeness (QED) is 0.854. The van der Waals surface area contributed by atoms with E-state index in [1.54, 1.807) is 0 Å². The Hall–Kier alpha value is -1.40. The SMILES string of the molecule is Cc1nn(C)cc1CN1CCC(OCC(=O)O)CC1. The van der Waals surface area contributed by atoms with Gasteiger partial charge in [-0.05, 0) is 19.8 Å². The second-order valence-corrected chi connectivity index (χ2v) is 5.09. The minimum absolute atomic E-state index is 0.0855. The van der Waals surface area contributed by atoms with Crippen LogP contribution in [0.2, 0.25) is 0 Å². The summed E-state index contributed by atoms with van der Waals surface area (Å²) in [5, 5.41) is 12.9. The standard InChI is InChI=1S/C13H21N3O3/c1-10-11(7-15(2)14-10)8-16-5-3-12(4-6-16)19-9-13(17)18/h7,12H,3-6,8-9H2,1-2H3,(H,17,18). The number of hydrogen-bond donors (Lipinski definition) is 1. The number of nitrogens with zero attached hydrogens (tertiary/aromatic N) is 3. The minimum atomic E-state index is -0.895.